The van der Waals surface area contributed by atoms with Crippen LogP contribution in [0.4, 0.5) is 0 Å². The first kappa shape index (κ1) is 62.9. The number of esters is 2. The van der Waals surface area contributed by atoms with Crippen molar-refractivity contribution < 1.29 is 42.1 Å². The predicted molar refractivity (Wildman–Crippen MR) is 277 cm³/mol. The topological polar surface area (TPSA) is 111 Å². The second-order valence-corrected chi connectivity index (χ2v) is 19.6. The summed E-state index contributed by atoms with van der Waals surface area (Å²) in [4.78, 5) is 37.7. The smallest absolute Gasteiger partial charge is 0.306 e. The van der Waals surface area contributed by atoms with Crippen molar-refractivity contribution in [2.24, 2.45) is 0 Å². The van der Waals surface area contributed by atoms with Gasteiger partial charge in [0.05, 0.1) is 27.7 Å². The van der Waals surface area contributed by atoms with E-state index < -0.39 is 32.5 Å². The predicted octanol–water partition coefficient (Wildman–Crippen LogP) is 15.1. The number of likely N-dealkylation sites (N-methyl/N-ethyl adjacent to an activating group) is 1. The van der Waals surface area contributed by atoms with E-state index in [0.717, 1.165) is 70.6 Å². The van der Waals surface area contributed by atoms with Gasteiger partial charge in [-0.3, -0.25) is 14.2 Å². The second kappa shape index (κ2) is 47.0. The lowest BCUT2D eigenvalue weighted by Gasteiger charge is -2.28. The summed E-state index contributed by atoms with van der Waals surface area (Å²) in [6.45, 7) is 4.02. The van der Waals surface area contributed by atoms with Gasteiger partial charge in [0.15, 0.2) is 6.10 Å². The third kappa shape index (κ3) is 50.3. The molecule has 2 atom stereocenters. The number of phosphoric acid groups is 1. The molecule has 0 aromatic rings. The Kier molecular flexibility index (Phi) is 44.8. The molecule has 0 rings (SSSR count). The number of ether oxygens (including phenoxy) is 2. The highest BCUT2D eigenvalue weighted by Crippen LogP contribution is 2.38. The zero-order chi connectivity index (χ0) is 48.5. The molecule has 0 fully saturated rings. The average Bonchev–Trinajstić information content (AvgIpc) is 3.27. The molecule has 378 valence electrons. The van der Waals surface area contributed by atoms with E-state index in [-0.39, 0.29) is 26.1 Å². The van der Waals surface area contributed by atoms with Crippen LogP contribution in [0.5, 0.6) is 0 Å². The lowest BCUT2D eigenvalue weighted by Crippen LogP contribution is -2.37. The van der Waals surface area contributed by atoms with E-state index in [1.54, 1.807) is 0 Å². The maximum atomic E-state index is 12.7. The van der Waals surface area contributed by atoms with Crippen LogP contribution in [0.1, 0.15) is 194 Å². The molecular weight excluding hydrogens is 846 g/mol. The Morgan fingerprint density at radius 1 is 0.485 bits per heavy atom. The average molecular weight is 942 g/mol. The molecule has 10 heteroatoms. The first-order chi connectivity index (χ1) is 32.0. The fourth-order valence-corrected chi connectivity index (χ4v) is 7.31. The molecule has 0 heterocycles. The quantitative estimate of drug-likeness (QED) is 0.0195. The summed E-state index contributed by atoms with van der Waals surface area (Å²) in [5.74, 6) is -0.913. The zero-order valence-corrected chi connectivity index (χ0v) is 43.5. The summed E-state index contributed by atoms with van der Waals surface area (Å²) in [7, 11) is 1.11. The van der Waals surface area contributed by atoms with E-state index in [9.17, 15) is 19.0 Å². The molecule has 0 aromatic carbocycles. The van der Waals surface area contributed by atoms with Crippen molar-refractivity contribution in [3.8, 4) is 0 Å². The second-order valence-electron chi connectivity index (χ2n) is 18.1. The Bertz CT molecular complexity index is 1440. The van der Waals surface area contributed by atoms with Gasteiger partial charge in [-0.25, -0.2) is 0 Å². The number of hydrogen-bond acceptors (Lipinski definition) is 8. The SMILES string of the molecule is CC/C=C\C/C=C\C/C=C\C/C=C\C/C=C\CCCC(=O)OC(COC(=O)CCCCCCCCCCCC/C=C\C/C=C\C/C=C\CCCCCCC)COP(=O)([O-])OCC[N+](C)(C)C. The van der Waals surface area contributed by atoms with Gasteiger partial charge in [0.2, 0.25) is 0 Å². The Labute approximate surface area is 404 Å². The van der Waals surface area contributed by atoms with Gasteiger partial charge in [-0.15, -0.1) is 0 Å². The molecule has 0 spiro atoms. The van der Waals surface area contributed by atoms with Gasteiger partial charge in [-0.2, -0.15) is 0 Å². The molecule has 0 aliphatic heterocycles. The summed E-state index contributed by atoms with van der Waals surface area (Å²) in [5, 5.41) is 0. The fraction of sp³-hybridized carbons (Fsp3) is 0.679. The summed E-state index contributed by atoms with van der Waals surface area (Å²) >= 11 is 0. The van der Waals surface area contributed by atoms with Crippen LogP contribution in [-0.4, -0.2) is 70.0 Å². The number of carbonyl (C=O) groups excluding carboxylic acids is 2. The van der Waals surface area contributed by atoms with E-state index in [2.05, 4.69) is 105 Å². The van der Waals surface area contributed by atoms with Gasteiger partial charge < -0.3 is 27.9 Å². The van der Waals surface area contributed by atoms with Crippen LogP contribution < -0.4 is 4.89 Å². The lowest BCUT2D eigenvalue weighted by atomic mass is 10.1. The Hall–Kier alpha value is -3.07. The van der Waals surface area contributed by atoms with Gasteiger partial charge >= 0.3 is 11.9 Å². The van der Waals surface area contributed by atoms with Gasteiger partial charge in [-0.05, 0) is 89.9 Å². The van der Waals surface area contributed by atoms with E-state index in [0.29, 0.717) is 30.3 Å². The number of carbonyl (C=O) groups is 2. The number of hydrogen-bond donors (Lipinski definition) is 0. The van der Waals surface area contributed by atoms with Crippen LogP contribution in [0.2, 0.25) is 0 Å². The normalized spacial score (nSPS) is 14.2. The van der Waals surface area contributed by atoms with E-state index in [1.807, 2.05) is 27.2 Å². The first-order valence-corrected chi connectivity index (χ1v) is 27.4. The number of phosphoric ester groups is 1. The summed E-state index contributed by atoms with van der Waals surface area (Å²) in [6.07, 6.45) is 63.1. The van der Waals surface area contributed by atoms with Gasteiger partial charge in [0, 0.05) is 12.8 Å². The summed E-state index contributed by atoms with van der Waals surface area (Å²) in [5.41, 5.74) is 0. The molecule has 0 N–H and O–H groups in total. The Morgan fingerprint density at radius 3 is 1.33 bits per heavy atom. The minimum atomic E-state index is -4.65. The van der Waals surface area contributed by atoms with Gasteiger partial charge in [0.1, 0.15) is 19.8 Å². The standard InChI is InChI=1S/C56H96NO8P/c1-6-8-10-12-14-16-18-20-22-24-25-26-27-28-29-30-31-33-34-36-38-40-42-44-46-48-55(58)62-52-54(53-64-66(60,61)63-51-50-57(3,4)5)65-56(59)49-47-45-43-41-39-37-35-32-23-21-19-17-15-13-11-9-7-2/h9,11,15,17-18,20-21,23-25,27-28,35,37,41,43,54H,6-8,10,12-14,16,19,22,26,29-34,36,38-40,42,44-53H2,1-5H3/b11-9-,17-15-,20-18-,23-21-,25-24-,28-27-,37-35-,43-41-. The molecule has 0 aliphatic rings. The number of rotatable bonds is 46. The highest BCUT2D eigenvalue weighted by Gasteiger charge is 2.21. The molecule has 0 saturated heterocycles. The molecule has 0 aliphatic carbocycles. The summed E-state index contributed by atoms with van der Waals surface area (Å²) < 4.78 is 34.0. The zero-order valence-electron chi connectivity index (χ0n) is 42.6. The molecule has 66 heavy (non-hydrogen) atoms. The highest BCUT2D eigenvalue weighted by molar-refractivity contribution is 7.45. The number of unbranched alkanes of at least 4 members (excludes halogenated alkanes) is 16. The third-order valence-corrected chi connectivity index (χ3v) is 11.6. The van der Waals surface area contributed by atoms with Crippen molar-refractivity contribution >= 4 is 19.8 Å². The fourth-order valence-electron chi connectivity index (χ4n) is 6.58. The molecular formula is C56H96NO8P. The van der Waals surface area contributed by atoms with Crippen molar-refractivity contribution in [2.75, 3.05) is 47.5 Å². The number of allylic oxidation sites excluding steroid dienone is 16. The largest absolute Gasteiger partial charge is 0.756 e. The van der Waals surface area contributed by atoms with Crippen LogP contribution in [-0.2, 0) is 32.7 Å². The van der Waals surface area contributed by atoms with Crippen molar-refractivity contribution in [2.45, 2.75) is 200 Å². The molecule has 0 amide bonds. The summed E-state index contributed by atoms with van der Waals surface area (Å²) in [6, 6.07) is 0. The van der Waals surface area contributed by atoms with Gasteiger partial charge in [-0.1, -0.05) is 188 Å². The Morgan fingerprint density at radius 2 is 0.879 bits per heavy atom. The van der Waals surface area contributed by atoms with Crippen molar-refractivity contribution in [3.63, 3.8) is 0 Å². The molecule has 0 saturated carbocycles. The van der Waals surface area contributed by atoms with E-state index >= 15 is 0 Å². The van der Waals surface area contributed by atoms with Crippen LogP contribution >= 0.6 is 7.82 Å². The molecule has 0 bridgehead atoms. The molecule has 0 aromatic heterocycles. The maximum Gasteiger partial charge on any atom is 0.306 e. The van der Waals surface area contributed by atoms with E-state index in [4.69, 9.17) is 18.5 Å². The number of quaternary nitrogens is 1. The Balaban J connectivity index is 4.31. The molecule has 9 nitrogen and oxygen atoms in total. The maximum absolute atomic E-state index is 12.7. The third-order valence-electron chi connectivity index (χ3n) is 10.6. The van der Waals surface area contributed by atoms with Crippen LogP contribution in [0.25, 0.3) is 0 Å². The van der Waals surface area contributed by atoms with Crippen molar-refractivity contribution in [1.29, 1.82) is 0 Å². The minimum Gasteiger partial charge on any atom is -0.756 e. The van der Waals surface area contributed by atoms with Crippen LogP contribution in [0, 0.1) is 0 Å². The number of nitrogens with zero attached hydrogens (tertiary/aromatic N) is 1. The van der Waals surface area contributed by atoms with Crippen LogP contribution in [0.15, 0.2) is 97.2 Å². The first-order valence-electron chi connectivity index (χ1n) is 25.9. The lowest BCUT2D eigenvalue weighted by molar-refractivity contribution is -0.870. The van der Waals surface area contributed by atoms with Crippen molar-refractivity contribution in [1.82, 2.24) is 0 Å². The highest BCUT2D eigenvalue weighted by atomic mass is 31.2. The monoisotopic (exact) mass is 942 g/mol. The van der Waals surface area contributed by atoms with Crippen LogP contribution in [0.3, 0.4) is 0 Å². The van der Waals surface area contributed by atoms with Crippen molar-refractivity contribution in [3.05, 3.63) is 97.2 Å². The molecule has 2 unspecified atom stereocenters. The van der Waals surface area contributed by atoms with E-state index in [1.165, 1.54) is 77.0 Å². The minimum absolute atomic E-state index is 0.0473. The molecule has 0 radical (unpaired) electrons. The van der Waals surface area contributed by atoms with Gasteiger partial charge in [0.25, 0.3) is 7.82 Å².